The van der Waals surface area contributed by atoms with E-state index >= 15 is 0 Å². The number of H-pyrrole nitrogens is 1. The molecule has 3 aromatic rings. The van der Waals surface area contributed by atoms with Gasteiger partial charge in [0.2, 0.25) is 5.88 Å². The van der Waals surface area contributed by atoms with Gasteiger partial charge in [0.25, 0.3) is 5.56 Å². The Morgan fingerprint density at radius 2 is 1.93 bits per heavy atom. The van der Waals surface area contributed by atoms with Crippen LogP contribution in [0.25, 0.3) is 0 Å². The number of ether oxygens (including phenoxy) is 1. The van der Waals surface area contributed by atoms with Gasteiger partial charge < -0.3 is 20.4 Å². The number of hydrogen-bond donors (Lipinski definition) is 4. The standard InChI is InChI=1S/C21H20N4O5/c1-30-17-9-13(7-8-16(17)26)14-10-15(24-23-14)18-19(27)22-21(29)25(20(18)28)11-12-5-3-2-4-6-12/h2-9,14,23,26,28H,10-11H2,1H3,(H,22,27,29)/t14-/m0/s1. The third-order valence-electron chi connectivity index (χ3n) is 5.00. The number of methoxy groups -OCH3 is 1. The van der Waals surface area contributed by atoms with Gasteiger partial charge >= 0.3 is 5.69 Å². The van der Waals surface area contributed by atoms with Crippen molar-refractivity contribution in [1.29, 1.82) is 0 Å². The second kappa shape index (κ2) is 7.78. The van der Waals surface area contributed by atoms with Crippen LogP contribution >= 0.6 is 0 Å². The molecule has 30 heavy (non-hydrogen) atoms. The van der Waals surface area contributed by atoms with E-state index in [1.165, 1.54) is 13.2 Å². The molecule has 0 spiro atoms. The summed E-state index contributed by atoms with van der Waals surface area (Å²) in [6.07, 6.45) is 0.300. The molecule has 9 nitrogen and oxygen atoms in total. The molecule has 0 saturated carbocycles. The smallest absolute Gasteiger partial charge is 0.331 e. The van der Waals surface area contributed by atoms with Gasteiger partial charge in [0.1, 0.15) is 5.56 Å². The summed E-state index contributed by atoms with van der Waals surface area (Å²) >= 11 is 0. The summed E-state index contributed by atoms with van der Waals surface area (Å²) in [5.41, 5.74) is 3.39. The molecule has 0 unspecified atom stereocenters. The Kier molecular flexibility index (Phi) is 5.01. The molecule has 0 saturated heterocycles. The van der Waals surface area contributed by atoms with Crippen LogP contribution in [-0.2, 0) is 6.54 Å². The van der Waals surface area contributed by atoms with E-state index in [4.69, 9.17) is 4.74 Å². The molecule has 1 aliphatic rings. The summed E-state index contributed by atoms with van der Waals surface area (Å²) in [4.78, 5) is 27.0. The maximum Gasteiger partial charge on any atom is 0.331 e. The Balaban J connectivity index is 1.65. The zero-order chi connectivity index (χ0) is 21.3. The van der Waals surface area contributed by atoms with Crippen LogP contribution in [0.2, 0.25) is 0 Å². The third kappa shape index (κ3) is 3.52. The number of aromatic nitrogens is 2. The average molecular weight is 408 g/mol. The topological polar surface area (TPSA) is 129 Å². The van der Waals surface area contributed by atoms with Crippen LogP contribution in [0.1, 0.15) is 29.2 Å². The Bertz CT molecular complexity index is 1230. The molecule has 154 valence electrons. The summed E-state index contributed by atoms with van der Waals surface area (Å²) in [5.74, 6) is -0.0978. The first-order valence-electron chi connectivity index (χ1n) is 9.27. The van der Waals surface area contributed by atoms with E-state index in [0.717, 1.165) is 15.7 Å². The molecule has 2 aromatic carbocycles. The van der Waals surface area contributed by atoms with Gasteiger partial charge in [-0.3, -0.25) is 14.3 Å². The minimum absolute atomic E-state index is 0.0162. The summed E-state index contributed by atoms with van der Waals surface area (Å²) < 4.78 is 6.23. The minimum atomic E-state index is -0.703. The second-order valence-corrected chi connectivity index (χ2v) is 6.91. The lowest BCUT2D eigenvalue weighted by Crippen LogP contribution is -2.34. The van der Waals surface area contributed by atoms with E-state index < -0.39 is 17.1 Å². The first-order chi connectivity index (χ1) is 14.5. The van der Waals surface area contributed by atoms with Crippen molar-refractivity contribution in [3.05, 3.63) is 86.1 Å². The van der Waals surface area contributed by atoms with Gasteiger partial charge in [0.05, 0.1) is 25.4 Å². The second-order valence-electron chi connectivity index (χ2n) is 6.91. The first kappa shape index (κ1) is 19.3. The van der Waals surface area contributed by atoms with Crippen molar-refractivity contribution in [3.63, 3.8) is 0 Å². The molecule has 1 aromatic heterocycles. The molecule has 4 N–H and O–H groups in total. The van der Waals surface area contributed by atoms with Crippen LogP contribution < -0.4 is 21.4 Å². The Morgan fingerprint density at radius 3 is 2.67 bits per heavy atom. The SMILES string of the molecule is COc1cc([C@@H]2CC(c3c(O)n(Cc4ccccc4)c(=O)[nH]c3=O)=NN2)ccc1O. The van der Waals surface area contributed by atoms with Crippen LogP contribution in [0.4, 0.5) is 0 Å². The molecular weight excluding hydrogens is 388 g/mol. The van der Waals surface area contributed by atoms with Gasteiger partial charge in [-0.15, -0.1) is 0 Å². The zero-order valence-electron chi connectivity index (χ0n) is 16.1. The molecule has 0 fully saturated rings. The number of phenols is 1. The van der Waals surface area contributed by atoms with Gasteiger partial charge in [0, 0.05) is 6.42 Å². The summed E-state index contributed by atoms with van der Waals surface area (Å²) in [6.45, 7) is 0.106. The highest BCUT2D eigenvalue weighted by molar-refractivity contribution is 6.03. The van der Waals surface area contributed by atoms with Gasteiger partial charge in [-0.1, -0.05) is 36.4 Å². The van der Waals surface area contributed by atoms with E-state index in [1.54, 1.807) is 12.1 Å². The predicted molar refractivity (Wildman–Crippen MR) is 110 cm³/mol. The van der Waals surface area contributed by atoms with Crippen LogP contribution in [0.5, 0.6) is 17.4 Å². The lowest BCUT2D eigenvalue weighted by Gasteiger charge is -2.13. The van der Waals surface area contributed by atoms with E-state index in [9.17, 15) is 19.8 Å². The molecule has 0 aliphatic carbocycles. The fourth-order valence-electron chi connectivity index (χ4n) is 3.43. The Labute approximate surface area is 170 Å². The number of phenolic OH excluding ortho intramolecular Hbond substituents is 1. The average Bonchev–Trinajstić information content (AvgIpc) is 3.22. The summed E-state index contributed by atoms with van der Waals surface area (Å²) in [6, 6.07) is 13.7. The van der Waals surface area contributed by atoms with E-state index in [1.807, 2.05) is 30.3 Å². The fraction of sp³-hybridized carbons (Fsp3) is 0.190. The zero-order valence-corrected chi connectivity index (χ0v) is 16.1. The van der Waals surface area contributed by atoms with Crippen LogP contribution in [0, 0.1) is 0 Å². The van der Waals surface area contributed by atoms with E-state index in [-0.39, 0.29) is 23.9 Å². The Morgan fingerprint density at radius 1 is 1.17 bits per heavy atom. The van der Waals surface area contributed by atoms with Crippen LogP contribution in [0.3, 0.4) is 0 Å². The number of nitrogens with one attached hydrogen (secondary N) is 2. The highest BCUT2D eigenvalue weighted by Gasteiger charge is 2.27. The normalized spacial score (nSPS) is 15.5. The van der Waals surface area contributed by atoms with E-state index in [0.29, 0.717) is 17.9 Å². The Hall–Kier alpha value is -4.01. The monoisotopic (exact) mass is 408 g/mol. The quantitative estimate of drug-likeness (QED) is 0.506. The van der Waals surface area contributed by atoms with Crippen LogP contribution in [-0.4, -0.2) is 32.6 Å². The van der Waals surface area contributed by atoms with Crippen molar-refractivity contribution in [1.82, 2.24) is 15.0 Å². The molecule has 0 radical (unpaired) electrons. The van der Waals surface area contributed by atoms with Crippen molar-refractivity contribution in [2.24, 2.45) is 5.10 Å². The molecule has 0 bridgehead atoms. The van der Waals surface area contributed by atoms with Crippen LogP contribution in [0.15, 0.2) is 63.2 Å². The number of rotatable bonds is 5. The maximum absolute atomic E-state index is 12.5. The third-order valence-corrected chi connectivity index (χ3v) is 5.00. The van der Waals surface area contributed by atoms with Gasteiger partial charge in [-0.2, -0.15) is 5.10 Å². The van der Waals surface area contributed by atoms with Crippen molar-refractivity contribution in [2.75, 3.05) is 7.11 Å². The first-order valence-corrected chi connectivity index (χ1v) is 9.27. The lowest BCUT2D eigenvalue weighted by molar-refractivity contribution is 0.372. The molecule has 9 heteroatoms. The number of nitrogens with zero attached hydrogens (tertiary/aromatic N) is 2. The lowest BCUT2D eigenvalue weighted by atomic mass is 9.99. The number of hydrazone groups is 1. The van der Waals surface area contributed by atoms with Gasteiger partial charge in [-0.05, 0) is 23.3 Å². The highest BCUT2D eigenvalue weighted by Crippen LogP contribution is 2.32. The number of aromatic amines is 1. The minimum Gasteiger partial charge on any atom is -0.504 e. The molecular formula is C21H20N4O5. The largest absolute Gasteiger partial charge is 0.504 e. The molecule has 4 rings (SSSR count). The molecule has 1 atom stereocenters. The van der Waals surface area contributed by atoms with Crippen molar-refractivity contribution >= 4 is 5.71 Å². The van der Waals surface area contributed by atoms with Crippen molar-refractivity contribution in [3.8, 4) is 17.4 Å². The van der Waals surface area contributed by atoms with Gasteiger partial charge in [0.15, 0.2) is 11.5 Å². The number of hydrogen-bond acceptors (Lipinski definition) is 7. The molecule has 1 aliphatic heterocycles. The van der Waals surface area contributed by atoms with E-state index in [2.05, 4.69) is 15.5 Å². The molecule has 0 amide bonds. The predicted octanol–water partition coefficient (Wildman–Crippen LogP) is 1.44. The maximum atomic E-state index is 12.5. The molecule has 2 heterocycles. The summed E-state index contributed by atoms with van der Waals surface area (Å²) in [7, 11) is 1.45. The van der Waals surface area contributed by atoms with Gasteiger partial charge in [-0.25, -0.2) is 4.79 Å². The summed E-state index contributed by atoms with van der Waals surface area (Å²) in [5, 5.41) is 24.7. The highest BCUT2D eigenvalue weighted by atomic mass is 16.5. The number of benzene rings is 2. The van der Waals surface area contributed by atoms with Crippen molar-refractivity contribution in [2.45, 2.75) is 19.0 Å². The number of aromatic hydroxyl groups is 2. The van der Waals surface area contributed by atoms with Crippen molar-refractivity contribution < 1.29 is 14.9 Å². The fourth-order valence-corrected chi connectivity index (χ4v) is 3.43.